The van der Waals surface area contributed by atoms with Crippen molar-refractivity contribution >= 4 is 46.0 Å². The maximum Gasteiger partial charge on any atom is 0.322 e. The predicted molar refractivity (Wildman–Crippen MR) is 111 cm³/mol. The van der Waals surface area contributed by atoms with Crippen molar-refractivity contribution in [3.8, 4) is 0 Å². The molecule has 1 fully saturated rings. The molecule has 3 heterocycles. The summed E-state index contributed by atoms with van der Waals surface area (Å²) in [6.45, 7) is 0.751. The molecule has 1 aromatic carbocycles. The van der Waals surface area contributed by atoms with Crippen molar-refractivity contribution in [3.63, 3.8) is 0 Å². The molecule has 27 heavy (non-hydrogen) atoms. The highest BCUT2D eigenvalue weighted by molar-refractivity contribution is 7.12. The van der Waals surface area contributed by atoms with E-state index in [1.807, 2.05) is 39.9 Å². The smallest absolute Gasteiger partial charge is 0.321 e. The largest absolute Gasteiger partial charge is 0.322 e. The number of carbonyl (C=O) groups is 2. The Kier molecular flexibility index (Phi) is 5.22. The molecule has 1 aliphatic rings. The van der Waals surface area contributed by atoms with E-state index in [0.29, 0.717) is 16.3 Å². The van der Waals surface area contributed by atoms with Gasteiger partial charge >= 0.3 is 6.03 Å². The molecule has 2 aromatic heterocycles. The number of nitrogens with one attached hydrogen (secondary N) is 2. The van der Waals surface area contributed by atoms with Gasteiger partial charge in [-0.25, -0.2) is 4.79 Å². The van der Waals surface area contributed by atoms with Gasteiger partial charge in [0.15, 0.2) is 0 Å². The van der Waals surface area contributed by atoms with Crippen LogP contribution in [0.2, 0.25) is 0 Å². The van der Waals surface area contributed by atoms with Gasteiger partial charge in [-0.2, -0.15) is 11.3 Å². The van der Waals surface area contributed by atoms with Gasteiger partial charge in [0.1, 0.15) is 0 Å². The fourth-order valence-corrected chi connectivity index (χ4v) is 4.62. The number of anilines is 2. The van der Waals surface area contributed by atoms with Crippen molar-refractivity contribution in [1.82, 2.24) is 4.90 Å². The second-order valence-corrected chi connectivity index (χ2v) is 8.08. The van der Waals surface area contributed by atoms with Gasteiger partial charge in [-0.1, -0.05) is 12.1 Å². The van der Waals surface area contributed by atoms with E-state index in [1.165, 1.54) is 16.9 Å². The Morgan fingerprint density at radius 2 is 1.89 bits per heavy atom. The third-order valence-electron chi connectivity index (χ3n) is 4.56. The van der Waals surface area contributed by atoms with Crippen LogP contribution in [0.15, 0.2) is 58.6 Å². The second-order valence-electron chi connectivity index (χ2n) is 6.35. The highest BCUT2D eigenvalue weighted by Crippen LogP contribution is 2.33. The lowest BCUT2D eigenvalue weighted by atomic mass is 10.1. The van der Waals surface area contributed by atoms with Crippen molar-refractivity contribution in [3.05, 3.63) is 69.0 Å². The maximum absolute atomic E-state index is 12.8. The first-order valence-electron chi connectivity index (χ1n) is 8.75. The Morgan fingerprint density at radius 3 is 2.63 bits per heavy atom. The van der Waals surface area contributed by atoms with E-state index in [0.717, 1.165) is 19.4 Å². The molecule has 7 heteroatoms. The Labute approximate surface area is 165 Å². The molecule has 0 bridgehead atoms. The summed E-state index contributed by atoms with van der Waals surface area (Å²) in [5.74, 6) is -0.148. The SMILES string of the molecule is O=C(Nc1cccc(NC(=O)N2CCC[C@H]2c2ccsc2)c1)c1cccs1. The topological polar surface area (TPSA) is 61.4 Å². The average molecular weight is 398 g/mol. The lowest BCUT2D eigenvalue weighted by molar-refractivity contribution is 0.103. The van der Waals surface area contributed by atoms with Crippen LogP contribution in [0.25, 0.3) is 0 Å². The van der Waals surface area contributed by atoms with Gasteiger partial charge in [-0.05, 0) is 64.9 Å². The lowest BCUT2D eigenvalue weighted by Gasteiger charge is -2.24. The van der Waals surface area contributed by atoms with E-state index in [9.17, 15) is 9.59 Å². The van der Waals surface area contributed by atoms with E-state index >= 15 is 0 Å². The summed E-state index contributed by atoms with van der Waals surface area (Å²) in [6, 6.07) is 13.0. The molecule has 1 aliphatic heterocycles. The number of nitrogens with zero attached hydrogens (tertiary/aromatic N) is 1. The predicted octanol–water partition coefficient (Wildman–Crippen LogP) is 5.43. The highest BCUT2D eigenvalue weighted by atomic mass is 32.1. The molecule has 2 N–H and O–H groups in total. The number of benzene rings is 1. The first-order valence-corrected chi connectivity index (χ1v) is 10.6. The average Bonchev–Trinajstić information content (AvgIpc) is 3.43. The van der Waals surface area contributed by atoms with Crippen LogP contribution in [-0.4, -0.2) is 23.4 Å². The molecule has 138 valence electrons. The number of urea groups is 1. The van der Waals surface area contributed by atoms with Crippen LogP contribution in [0.5, 0.6) is 0 Å². The second kappa shape index (κ2) is 7.94. The van der Waals surface area contributed by atoms with E-state index in [4.69, 9.17) is 0 Å². The maximum atomic E-state index is 12.8. The van der Waals surface area contributed by atoms with Crippen LogP contribution in [-0.2, 0) is 0 Å². The van der Waals surface area contributed by atoms with Crippen LogP contribution in [0.3, 0.4) is 0 Å². The zero-order valence-electron chi connectivity index (χ0n) is 14.6. The molecule has 4 rings (SSSR count). The molecule has 0 spiro atoms. The Bertz CT molecular complexity index is 923. The van der Waals surface area contributed by atoms with Gasteiger partial charge in [-0.3, -0.25) is 4.79 Å². The van der Waals surface area contributed by atoms with E-state index in [1.54, 1.807) is 23.5 Å². The Morgan fingerprint density at radius 1 is 1.04 bits per heavy atom. The normalized spacial score (nSPS) is 16.3. The number of rotatable bonds is 4. The highest BCUT2D eigenvalue weighted by Gasteiger charge is 2.30. The first kappa shape index (κ1) is 17.8. The number of likely N-dealkylation sites (tertiary alicyclic amines) is 1. The van der Waals surface area contributed by atoms with E-state index in [-0.39, 0.29) is 18.0 Å². The molecule has 5 nitrogen and oxygen atoms in total. The third-order valence-corrected chi connectivity index (χ3v) is 6.13. The Hall–Kier alpha value is -2.64. The summed E-state index contributed by atoms with van der Waals surface area (Å²) in [6.07, 6.45) is 1.99. The number of thiophene rings is 2. The minimum atomic E-state index is -0.148. The van der Waals surface area contributed by atoms with Crippen LogP contribution in [0.4, 0.5) is 16.2 Å². The lowest BCUT2D eigenvalue weighted by Crippen LogP contribution is -2.34. The van der Waals surface area contributed by atoms with Crippen molar-refractivity contribution in [2.24, 2.45) is 0 Å². The van der Waals surface area contributed by atoms with Crippen molar-refractivity contribution in [2.45, 2.75) is 18.9 Å². The standard InChI is InChI=1S/C20H19N3O2S2/c24-19(18-7-3-10-27-18)21-15-4-1-5-16(12-15)22-20(25)23-9-2-6-17(23)14-8-11-26-13-14/h1,3-5,7-8,10-13,17H,2,6,9H2,(H,21,24)(H,22,25)/t17-/m0/s1. The van der Waals surface area contributed by atoms with Crippen molar-refractivity contribution < 1.29 is 9.59 Å². The molecular weight excluding hydrogens is 378 g/mol. The number of carbonyl (C=O) groups excluding carboxylic acids is 2. The van der Waals surface area contributed by atoms with Gasteiger partial charge in [0.05, 0.1) is 10.9 Å². The fourth-order valence-electron chi connectivity index (χ4n) is 3.29. The van der Waals surface area contributed by atoms with E-state index < -0.39 is 0 Å². The summed E-state index contributed by atoms with van der Waals surface area (Å²) in [5, 5.41) is 11.9. The summed E-state index contributed by atoms with van der Waals surface area (Å²) in [4.78, 5) is 27.5. The van der Waals surface area contributed by atoms with Crippen LogP contribution < -0.4 is 10.6 Å². The molecule has 3 aromatic rings. The van der Waals surface area contributed by atoms with Crippen LogP contribution >= 0.6 is 22.7 Å². The molecule has 0 aliphatic carbocycles. The third kappa shape index (κ3) is 4.04. The zero-order valence-corrected chi connectivity index (χ0v) is 16.2. The van der Waals surface area contributed by atoms with Gasteiger partial charge in [0, 0.05) is 17.9 Å². The van der Waals surface area contributed by atoms with Gasteiger partial charge in [0.2, 0.25) is 0 Å². The minimum absolute atomic E-state index is 0.106. The molecular formula is C20H19N3O2S2. The summed E-state index contributed by atoms with van der Waals surface area (Å²) >= 11 is 3.05. The summed E-state index contributed by atoms with van der Waals surface area (Å²) in [5.41, 5.74) is 2.52. The quantitative estimate of drug-likeness (QED) is 0.616. The summed E-state index contributed by atoms with van der Waals surface area (Å²) < 4.78 is 0. The molecule has 1 saturated heterocycles. The van der Waals surface area contributed by atoms with E-state index in [2.05, 4.69) is 22.1 Å². The summed E-state index contributed by atoms with van der Waals surface area (Å²) in [7, 11) is 0. The van der Waals surface area contributed by atoms with Gasteiger partial charge in [0.25, 0.3) is 5.91 Å². The van der Waals surface area contributed by atoms with Crippen molar-refractivity contribution in [1.29, 1.82) is 0 Å². The van der Waals surface area contributed by atoms with Crippen LogP contribution in [0, 0.1) is 0 Å². The molecule has 3 amide bonds. The monoisotopic (exact) mass is 397 g/mol. The Balaban J connectivity index is 1.43. The molecule has 0 radical (unpaired) electrons. The molecule has 0 unspecified atom stereocenters. The van der Waals surface area contributed by atoms with Crippen LogP contribution in [0.1, 0.15) is 34.1 Å². The first-order chi connectivity index (χ1) is 13.2. The molecule has 0 saturated carbocycles. The number of hydrogen-bond donors (Lipinski definition) is 2. The van der Waals surface area contributed by atoms with Gasteiger partial charge < -0.3 is 15.5 Å². The minimum Gasteiger partial charge on any atom is -0.321 e. The number of amides is 3. The molecule has 1 atom stereocenters. The fraction of sp³-hybridized carbons (Fsp3) is 0.200. The zero-order chi connectivity index (χ0) is 18.6. The van der Waals surface area contributed by atoms with Crippen molar-refractivity contribution in [2.75, 3.05) is 17.2 Å². The van der Waals surface area contributed by atoms with Gasteiger partial charge in [-0.15, -0.1) is 11.3 Å². The number of hydrogen-bond acceptors (Lipinski definition) is 4.